The van der Waals surface area contributed by atoms with Gasteiger partial charge in [-0.1, -0.05) is 19.3 Å². The number of hydrogen-bond acceptors (Lipinski definition) is 4. The van der Waals surface area contributed by atoms with Crippen molar-refractivity contribution in [3.05, 3.63) is 34.7 Å². The Bertz CT molecular complexity index is 788. The van der Waals surface area contributed by atoms with Crippen LogP contribution in [0.25, 0.3) is 0 Å². The molecule has 1 amide bonds. The van der Waals surface area contributed by atoms with Crippen LogP contribution in [0.3, 0.4) is 0 Å². The third kappa shape index (κ3) is 6.12. The van der Waals surface area contributed by atoms with Gasteiger partial charge in [0.05, 0.1) is 16.9 Å². The van der Waals surface area contributed by atoms with Gasteiger partial charge in [0.25, 0.3) is 5.91 Å². The summed E-state index contributed by atoms with van der Waals surface area (Å²) in [5.41, 5.74) is 0.819. The zero-order valence-corrected chi connectivity index (χ0v) is 17.6. The lowest BCUT2D eigenvalue weighted by Gasteiger charge is -2.29. The van der Waals surface area contributed by atoms with E-state index in [0.717, 1.165) is 56.7 Å². The van der Waals surface area contributed by atoms with Crippen LogP contribution in [0, 0.1) is 0 Å². The molecule has 0 aromatic heterocycles. The van der Waals surface area contributed by atoms with Crippen molar-refractivity contribution in [2.75, 3.05) is 29.1 Å². The van der Waals surface area contributed by atoms with Gasteiger partial charge in [0.2, 0.25) is 0 Å². The standard InChI is InChI=1S/C20H24F3N3OS2/c21-20(22,23)15-6-7-17(26-9-4-2-1-3-5-10-26)16(12-15)24-19(28)25-18(27)14-8-11-29-13-14/h6-7,12-13H,1-5,8-11H2,(H2,24,25,27,28). The molecule has 0 aliphatic carbocycles. The van der Waals surface area contributed by atoms with Gasteiger partial charge in [-0.25, -0.2) is 0 Å². The first-order valence-electron chi connectivity index (χ1n) is 9.74. The molecule has 2 N–H and O–H groups in total. The van der Waals surface area contributed by atoms with Gasteiger partial charge in [-0.15, -0.1) is 11.8 Å². The van der Waals surface area contributed by atoms with Crippen molar-refractivity contribution in [3.8, 4) is 0 Å². The van der Waals surface area contributed by atoms with Crippen LogP contribution < -0.4 is 15.5 Å². The second-order valence-corrected chi connectivity index (χ2v) is 8.54. The molecule has 0 bridgehead atoms. The Hall–Kier alpha value is -1.74. The molecule has 3 rings (SSSR count). The van der Waals surface area contributed by atoms with Gasteiger partial charge in [-0.2, -0.15) is 13.2 Å². The van der Waals surface area contributed by atoms with Gasteiger partial charge in [0, 0.05) is 24.4 Å². The number of rotatable bonds is 3. The lowest BCUT2D eigenvalue weighted by molar-refractivity contribution is -0.137. The summed E-state index contributed by atoms with van der Waals surface area (Å²) < 4.78 is 39.8. The van der Waals surface area contributed by atoms with E-state index >= 15 is 0 Å². The topological polar surface area (TPSA) is 44.4 Å². The molecule has 29 heavy (non-hydrogen) atoms. The maximum Gasteiger partial charge on any atom is 0.416 e. The molecule has 1 saturated heterocycles. The molecular weight excluding hydrogens is 419 g/mol. The summed E-state index contributed by atoms with van der Waals surface area (Å²) in [7, 11) is 0. The van der Waals surface area contributed by atoms with E-state index in [1.54, 1.807) is 17.2 Å². The predicted octanol–water partition coefficient (Wildman–Crippen LogP) is 5.31. The number of thiocarbonyl (C=S) groups is 1. The minimum Gasteiger partial charge on any atom is -0.370 e. The maximum absolute atomic E-state index is 13.3. The molecule has 0 saturated carbocycles. The number of thioether (sulfide) groups is 1. The van der Waals surface area contributed by atoms with Crippen molar-refractivity contribution in [2.45, 2.75) is 44.7 Å². The average molecular weight is 444 g/mol. The average Bonchev–Trinajstić information content (AvgIpc) is 3.16. The number of carbonyl (C=O) groups excluding carboxylic acids is 1. The van der Waals surface area contributed by atoms with Crippen LogP contribution >= 0.6 is 24.0 Å². The fraction of sp³-hybridized carbons (Fsp3) is 0.500. The lowest BCUT2D eigenvalue weighted by atomic mass is 10.1. The Morgan fingerprint density at radius 2 is 1.79 bits per heavy atom. The maximum atomic E-state index is 13.3. The Labute approximate surface area is 178 Å². The first-order valence-corrected chi connectivity index (χ1v) is 11.2. The van der Waals surface area contributed by atoms with Crippen molar-refractivity contribution in [1.29, 1.82) is 0 Å². The molecule has 0 unspecified atom stereocenters. The van der Waals surface area contributed by atoms with E-state index in [1.807, 2.05) is 0 Å². The minimum absolute atomic E-state index is 0.000388. The predicted molar refractivity (Wildman–Crippen MR) is 116 cm³/mol. The van der Waals surface area contributed by atoms with E-state index in [2.05, 4.69) is 15.5 Å². The number of amides is 1. The molecular formula is C20H24F3N3OS2. The third-order valence-corrected chi connectivity index (χ3v) is 6.10. The quantitative estimate of drug-likeness (QED) is 0.620. The summed E-state index contributed by atoms with van der Waals surface area (Å²) in [5, 5.41) is 7.20. The fourth-order valence-corrected chi connectivity index (χ4v) is 4.55. The molecule has 2 heterocycles. The number of nitrogens with one attached hydrogen (secondary N) is 2. The van der Waals surface area contributed by atoms with Gasteiger partial charge in [0.1, 0.15) is 0 Å². The van der Waals surface area contributed by atoms with Crippen LogP contribution in [0.1, 0.15) is 44.1 Å². The third-order valence-electron chi connectivity index (χ3n) is 5.00. The van der Waals surface area contributed by atoms with Crippen molar-refractivity contribution in [1.82, 2.24) is 5.32 Å². The zero-order chi connectivity index (χ0) is 20.9. The number of benzene rings is 1. The van der Waals surface area contributed by atoms with E-state index < -0.39 is 11.7 Å². The van der Waals surface area contributed by atoms with Crippen LogP contribution in [0.4, 0.5) is 24.5 Å². The molecule has 1 aromatic carbocycles. The molecule has 158 valence electrons. The molecule has 0 spiro atoms. The number of hydrogen-bond donors (Lipinski definition) is 2. The molecule has 0 atom stereocenters. The lowest BCUT2D eigenvalue weighted by Crippen LogP contribution is -2.36. The van der Waals surface area contributed by atoms with E-state index in [0.29, 0.717) is 17.7 Å². The Morgan fingerprint density at radius 3 is 2.41 bits per heavy atom. The van der Waals surface area contributed by atoms with Crippen molar-refractivity contribution in [3.63, 3.8) is 0 Å². The molecule has 2 aliphatic heterocycles. The first kappa shape index (κ1) is 22.0. The highest BCUT2D eigenvalue weighted by molar-refractivity contribution is 8.02. The molecule has 9 heteroatoms. The second-order valence-electron chi connectivity index (χ2n) is 7.16. The SMILES string of the molecule is O=C(NC(=S)Nc1cc(C(F)(F)F)ccc1N1CCCCCCC1)C1=CSCC1. The van der Waals surface area contributed by atoms with Gasteiger partial charge < -0.3 is 10.2 Å². The van der Waals surface area contributed by atoms with Crippen molar-refractivity contribution < 1.29 is 18.0 Å². The van der Waals surface area contributed by atoms with Crippen LogP contribution in [-0.2, 0) is 11.0 Å². The summed E-state index contributed by atoms with van der Waals surface area (Å²) in [6.45, 7) is 1.56. The number of halogens is 3. The first-order chi connectivity index (χ1) is 13.8. The van der Waals surface area contributed by atoms with Crippen molar-refractivity contribution >= 4 is 46.4 Å². The molecule has 1 aromatic rings. The van der Waals surface area contributed by atoms with Gasteiger partial charge in [-0.3, -0.25) is 10.1 Å². The Balaban J connectivity index is 1.81. The number of nitrogens with zero attached hydrogens (tertiary/aromatic N) is 1. The molecule has 4 nitrogen and oxygen atoms in total. The largest absolute Gasteiger partial charge is 0.416 e. The number of alkyl halides is 3. The van der Waals surface area contributed by atoms with Gasteiger partial charge in [-0.05, 0) is 55.1 Å². The van der Waals surface area contributed by atoms with E-state index in [4.69, 9.17) is 12.2 Å². The molecule has 2 aliphatic rings. The number of carbonyl (C=O) groups is 1. The summed E-state index contributed by atoms with van der Waals surface area (Å²) in [6.07, 6.45) is 1.60. The van der Waals surface area contributed by atoms with E-state index in [1.165, 1.54) is 12.5 Å². The molecule has 1 fully saturated rings. The summed E-state index contributed by atoms with van der Waals surface area (Å²) in [4.78, 5) is 14.3. The highest BCUT2D eigenvalue weighted by Crippen LogP contribution is 2.36. The van der Waals surface area contributed by atoms with Crippen LogP contribution in [0.2, 0.25) is 0 Å². The molecule has 0 radical (unpaired) electrons. The summed E-state index contributed by atoms with van der Waals surface area (Å²) in [6, 6.07) is 3.66. The second kappa shape index (κ2) is 9.84. The summed E-state index contributed by atoms with van der Waals surface area (Å²) in [5.74, 6) is 0.530. The highest BCUT2D eigenvalue weighted by atomic mass is 32.2. The van der Waals surface area contributed by atoms with E-state index in [-0.39, 0.29) is 16.7 Å². The number of anilines is 2. The highest BCUT2D eigenvalue weighted by Gasteiger charge is 2.31. The van der Waals surface area contributed by atoms with Gasteiger partial charge >= 0.3 is 6.18 Å². The van der Waals surface area contributed by atoms with Gasteiger partial charge in [0.15, 0.2) is 5.11 Å². The Morgan fingerprint density at radius 1 is 1.10 bits per heavy atom. The van der Waals surface area contributed by atoms with Crippen LogP contribution in [-0.4, -0.2) is 29.9 Å². The van der Waals surface area contributed by atoms with E-state index in [9.17, 15) is 18.0 Å². The summed E-state index contributed by atoms with van der Waals surface area (Å²) >= 11 is 6.77. The normalized spacial score (nSPS) is 17.9. The monoisotopic (exact) mass is 443 g/mol. The fourth-order valence-electron chi connectivity index (χ4n) is 3.47. The van der Waals surface area contributed by atoms with Crippen LogP contribution in [0.5, 0.6) is 0 Å². The Kier molecular flexibility index (Phi) is 7.45. The zero-order valence-electron chi connectivity index (χ0n) is 16.0. The minimum atomic E-state index is -4.46. The smallest absolute Gasteiger partial charge is 0.370 e. The van der Waals surface area contributed by atoms with Crippen molar-refractivity contribution in [2.24, 2.45) is 0 Å². The van der Waals surface area contributed by atoms with Crippen LogP contribution in [0.15, 0.2) is 29.2 Å².